The first-order chi connectivity index (χ1) is 7.09. The van der Waals surface area contributed by atoms with Crippen LogP contribution in [0, 0.1) is 11.3 Å². The minimum atomic E-state index is -0.754. The molecule has 0 spiro atoms. The maximum absolute atomic E-state index is 9.01. The Morgan fingerprint density at radius 3 is 2.33 bits per heavy atom. The van der Waals surface area contributed by atoms with Crippen molar-refractivity contribution in [3.05, 3.63) is 35.9 Å². The first-order valence-corrected chi connectivity index (χ1v) is 4.76. The Hall–Kier alpha value is -1.37. The molecular formula is C12H15NO2. The summed E-state index contributed by atoms with van der Waals surface area (Å²) in [7, 11) is 1.55. The van der Waals surface area contributed by atoms with E-state index in [1.807, 2.05) is 30.3 Å². The second kappa shape index (κ2) is 4.92. The topological polar surface area (TPSA) is 42.2 Å². The van der Waals surface area contributed by atoms with Gasteiger partial charge in [0.1, 0.15) is 0 Å². The molecule has 0 N–H and O–H groups in total. The number of hydrogen-bond donors (Lipinski definition) is 0. The lowest BCUT2D eigenvalue weighted by molar-refractivity contribution is -0.213. The van der Waals surface area contributed by atoms with Crippen molar-refractivity contribution in [2.45, 2.75) is 25.7 Å². The maximum atomic E-state index is 9.01. The lowest BCUT2D eigenvalue weighted by Crippen LogP contribution is -2.28. The molecule has 0 saturated carbocycles. The Morgan fingerprint density at radius 2 is 1.87 bits per heavy atom. The highest BCUT2D eigenvalue weighted by molar-refractivity contribution is 5.22. The Labute approximate surface area is 90.2 Å². The van der Waals surface area contributed by atoms with E-state index < -0.39 is 11.9 Å². The lowest BCUT2D eigenvalue weighted by Gasteiger charge is -2.26. The maximum Gasteiger partial charge on any atom is 0.172 e. The fourth-order valence-electron chi connectivity index (χ4n) is 1.13. The van der Waals surface area contributed by atoms with Crippen LogP contribution in [0.15, 0.2) is 30.3 Å². The van der Waals surface area contributed by atoms with Crippen molar-refractivity contribution in [2.24, 2.45) is 0 Å². The van der Waals surface area contributed by atoms with Gasteiger partial charge in [0.2, 0.25) is 0 Å². The van der Waals surface area contributed by atoms with Gasteiger partial charge in [0.15, 0.2) is 11.9 Å². The molecule has 0 amide bonds. The molecule has 3 nitrogen and oxygen atoms in total. The van der Waals surface area contributed by atoms with Crippen LogP contribution >= 0.6 is 0 Å². The quantitative estimate of drug-likeness (QED) is 0.709. The van der Waals surface area contributed by atoms with Gasteiger partial charge in [-0.05, 0) is 19.4 Å². The molecule has 0 aromatic heterocycles. The van der Waals surface area contributed by atoms with Crippen molar-refractivity contribution >= 4 is 0 Å². The van der Waals surface area contributed by atoms with Crippen LogP contribution in [0.25, 0.3) is 0 Å². The number of benzene rings is 1. The SMILES string of the molecule is COC(C)(C)OC(C#N)c1ccccc1. The molecule has 3 heteroatoms. The van der Waals surface area contributed by atoms with Gasteiger partial charge < -0.3 is 9.47 Å². The van der Waals surface area contributed by atoms with Gasteiger partial charge in [-0.25, -0.2) is 0 Å². The zero-order valence-corrected chi connectivity index (χ0v) is 9.23. The molecule has 1 aromatic rings. The molecule has 1 rings (SSSR count). The van der Waals surface area contributed by atoms with Crippen LogP contribution in [-0.2, 0) is 9.47 Å². The van der Waals surface area contributed by atoms with Gasteiger partial charge in [0.25, 0.3) is 0 Å². The molecule has 1 aromatic carbocycles. The highest BCUT2D eigenvalue weighted by atomic mass is 16.7. The molecule has 0 aliphatic carbocycles. The smallest absolute Gasteiger partial charge is 0.172 e. The number of methoxy groups -OCH3 is 1. The number of hydrogen-bond acceptors (Lipinski definition) is 3. The summed E-state index contributed by atoms with van der Waals surface area (Å²) >= 11 is 0. The van der Waals surface area contributed by atoms with Crippen LogP contribution in [0.1, 0.15) is 25.5 Å². The van der Waals surface area contributed by atoms with E-state index in [0.717, 1.165) is 5.56 Å². The summed E-state index contributed by atoms with van der Waals surface area (Å²) in [5.74, 6) is -0.754. The van der Waals surface area contributed by atoms with E-state index in [9.17, 15) is 0 Å². The Balaban J connectivity index is 2.79. The molecule has 1 atom stereocenters. The van der Waals surface area contributed by atoms with Crippen molar-refractivity contribution in [3.63, 3.8) is 0 Å². The van der Waals surface area contributed by atoms with Gasteiger partial charge in [-0.1, -0.05) is 30.3 Å². The van der Waals surface area contributed by atoms with E-state index in [1.54, 1.807) is 21.0 Å². The predicted octanol–water partition coefficient (Wildman–Crippen LogP) is 2.65. The van der Waals surface area contributed by atoms with Gasteiger partial charge in [-0.3, -0.25) is 0 Å². The Morgan fingerprint density at radius 1 is 1.27 bits per heavy atom. The normalized spacial score (nSPS) is 13.2. The summed E-state index contributed by atoms with van der Waals surface area (Å²) in [6.07, 6.45) is -0.596. The van der Waals surface area contributed by atoms with Crippen LogP contribution in [-0.4, -0.2) is 12.9 Å². The van der Waals surface area contributed by atoms with Crippen LogP contribution in [0.5, 0.6) is 0 Å². The van der Waals surface area contributed by atoms with Crippen molar-refractivity contribution in [1.82, 2.24) is 0 Å². The molecule has 15 heavy (non-hydrogen) atoms. The average Bonchev–Trinajstić information content (AvgIpc) is 2.27. The second-order valence-corrected chi connectivity index (χ2v) is 3.64. The van der Waals surface area contributed by atoms with Crippen LogP contribution in [0.4, 0.5) is 0 Å². The van der Waals surface area contributed by atoms with E-state index in [0.29, 0.717) is 0 Å². The predicted molar refractivity (Wildman–Crippen MR) is 57.0 cm³/mol. The van der Waals surface area contributed by atoms with Gasteiger partial charge in [-0.2, -0.15) is 5.26 Å². The summed E-state index contributed by atoms with van der Waals surface area (Å²) in [6.45, 7) is 3.56. The van der Waals surface area contributed by atoms with Crippen LogP contribution in [0.3, 0.4) is 0 Å². The minimum Gasteiger partial charge on any atom is -0.354 e. The largest absolute Gasteiger partial charge is 0.354 e. The van der Waals surface area contributed by atoms with Gasteiger partial charge in [0, 0.05) is 7.11 Å². The molecular weight excluding hydrogens is 190 g/mol. The molecule has 0 heterocycles. The highest BCUT2D eigenvalue weighted by Crippen LogP contribution is 2.23. The van der Waals surface area contributed by atoms with Crippen LogP contribution in [0.2, 0.25) is 0 Å². The standard InChI is InChI=1S/C12H15NO2/c1-12(2,14-3)15-11(9-13)10-7-5-4-6-8-10/h4-8,11H,1-3H3. The molecule has 0 radical (unpaired) electrons. The third-order valence-corrected chi connectivity index (χ3v) is 2.11. The summed E-state index contributed by atoms with van der Waals surface area (Å²) in [6, 6.07) is 11.5. The monoisotopic (exact) mass is 205 g/mol. The lowest BCUT2D eigenvalue weighted by atomic mass is 10.1. The molecule has 1 unspecified atom stereocenters. The Bertz CT molecular complexity index is 340. The second-order valence-electron chi connectivity index (χ2n) is 3.64. The van der Waals surface area contributed by atoms with Crippen molar-refractivity contribution in [2.75, 3.05) is 7.11 Å². The fourth-order valence-corrected chi connectivity index (χ4v) is 1.13. The summed E-state index contributed by atoms with van der Waals surface area (Å²) in [4.78, 5) is 0. The molecule has 0 saturated heterocycles. The first-order valence-electron chi connectivity index (χ1n) is 4.76. The van der Waals surface area contributed by atoms with Crippen LogP contribution < -0.4 is 0 Å². The fraction of sp³-hybridized carbons (Fsp3) is 0.417. The first kappa shape index (κ1) is 11.7. The zero-order chi connectivity index (χ0) is 11.3. The molecule has 0 bridgehead atoms. The van der Waals surface area contributed by atoms with Crippen molar-refractivity contribution in [1.29, 1.82) is 5.26 Å². The van der Waals surface area contributed by atoms with E-state index in [-0.39, 0.29) is 0 Å². The Kier molecular flexibility index (Phi) is 3.84. The highest BCUT2D eigenvalue weighted by Gasteiger charge is 2.23. The van der Waals surface area contributed by atoms with Crippen molar-refractivity contribution in [3.8, 4) is 6.07 Å². The van der Waals surface area contributed by atoms with Crippen molar-refractivity contribution < 1.29 is 9.47 Å². The van der Waals surface area contributed by atoms with E-state index >= 15 is 0 Å². The zero-order valence-electron chi connectivity index (χ0n) is 9.23. The number of rotatable bonds is 4. The molecule has 0 fully saturated rings. The van der Waals surface area contributed by atoms with Gasteiger partial charge in [-0.15, -0.1) is 0 Å². The number of nitriles is 1. The van der Waals surface area contributed by atoms with Gasteiger partial charge >= 0.3 is 0 Å². The third-order valence-electron chi connectivity index (χ3n) is 2.11. The summed E-state index contributed by atoms with van der Waals surface area (Å²) < 4.78 is 10.7. The average molecular weight is 205 g/mol. The van der Waals surface area contributed by atoms with E-state index in [1.165, 1.54) is 0 Å². The number of ether oxygens (including phenoxy) is 2. The summed E-state index contributed by atoms with van der Waals surface area (Å²) in [5, 5.41) is 9.01. The summed E-state index contributed by atoms with van der Waals surface area (Å²) in [5.41, 5.74) is 0.838. The third kappa shape index (κ3) is 3.35. The number of nitrogens with zero attached hydrogens (tertiary/aromatic N) is 1. The molecule has 0 aliphatic rings. The molecule has 0 aliphatic heterocycles. The van der Waals surface area contributed by atoms with Gasteiger partial charge in [0.05, 0.1) is 6.07 Å². The molecule has 80 valence electrons. The van der Waals surface area contributed by atoms with E-state index in [4.69, 9.17) is 14.7 Å². The van der Waals surface area contributed by atoms with E-state index in [2.05, 4.69) is 6.07 Å². The minimum absolute atomic E-state index is 0.596.